The second-order valence-electron chi connectivity index (χ2n) is 5.93. The van der Waals surface area contributed by atoms with Gasteiger partial charge >= 0.3 is 5.97 Å². The fraction of sp³-hybridized carbons (Fsp3) is 0.556. The average molecular weight is 350 g/mol. The molecule has 1 fully saturated rings. The summed E-state index contributed by atoms with van der Waals surface area (Å²) in [6.45, 7) is 2.50. The second-order valence-corrected chi connectivity index (χ2v) is 6.91. The molecule has 1 atom stereocenters. The maximum Gasteiger partial charge on any atom is 0.337 e. The van der Waals surface area contributed by atoms with E-state index in [-0.39, 0.29) is 5.97 Å². The van der Waals surface area contributed by atoms with Crippen LogP contribution in [0.2, 0.25) is 0 Å². The van der Waals surface area contributed by atoms with E-state index in [1.165, 1.54) is 7.11 Å². The molecule has 0 aromatic heterocycles. The molecule has 1 heterocycles. The van der Waals surface area contributed by atoms with Gasteiger partial charge in [-0.15, -0.1) is 0 Å². The molecule has 2 rings (SSSR count). The lowest BCUT2D eigenvalue weighted by Crippen LogP contribution is -2.36. The third-order valence-corrected chi connectivity index (χ3v) is 4.94. The molecule has 1 aromatic rings. The Kier molecular flexibility index (Phi) is 7.59. The van der Waals surface area contributed by atoms with Crippen LogP contribution in [0, 0.1) is 0 Å². The van der Waals surface area contributed by atoms with E-state index in [9.17, 15) is 9.59 Å². The third-order valence-electron chi connectivity index (χ3n) is 4.35. The largest absolute Gasteiger partial charge is 0.465 e. The maximum absolute atomic E-state index is 11.9. The van der Waals surface area contributed by atoms with Crippen LogP contribution in [0.15, 0.2) is 24.3 Å². The Labute approximate surface area is 148 Å². The van der Waals surface area contributed by atoms with Crippen molar-refractivity contribution in [2.75, 3.05) is 32.2 Å². The Morgan fingerprint density at radius 1 is 1.38 bits per heavy atom. The number of methoxy groups -OCH3 is 1. The summed E-state index contributed by atoms with van der Waals surface area (Å²) >= 11 is 1.78. The number of nitrogens with zero attached hydrogens (tertiary/aromatic N) is 1. The standard InChI is InChI=1S/C18H26N2O3S/c1-23-18(22)15-5-3-14(4-6-15)13-19-10-9-16-7-8-17(21)20(16)11-12-24-2/h3-6,16,19H,7-13H2,1-2H3. The topological polar surface area (TPSA) is 58.6 Å². The number of esters is 1. The zero-order valence-corrected chi connectivity index (χ0v) is 15.2. The van der Waals surface area contributed by atoms with Crippen molar-refractivity contribution < 1.29 is 14.3 Å². The van der Waals surface area contributed by atoms with Crippen molar-refractivity contribution in [1.29, 1.82) is 0 Å². The Balaban J connectivity index is 1.72. The van der Waals surface area contributed by atoms with Gasteiger partial charge in [0.2, 0.25) is 5.91 Å². The van der Waals surface area contributed by atoms with Gasteiger partial charge < -0.3 is 15.0 Å². The molecule has 24 heavy (non-hydrogen) atoms. The van der Waals surface area contributed by atoms with Crippen molar-refractivity contribution in [2.24, 2.45) is 0 Å². The van der Waals surface area contributed by atoms with E-state index in [0.29, 0.717) is 23.9 Å². The third kappa shape index (κ3) is 5.24. The van der Waals surface area contributed by atoms with Crippen molar-refractivity contribution in [3.63, 3.8) is 0 Å². The van der Waals surface area contributed by atoms with Crippen LogP contribution in [-0.4, -0.2) is 55.0 Å². The van der Waals surface area contributed by atoms with Crippen molar-refractivity contribution >= 4 is 23.6 Å². The van der Waals surface area contributed by atoms with Crippen molar-refractivity contribution in [1.82, 2.24) is 10.2 Å². The first-order valence-electron chi connectivity index (χ1n) is 8.32. The van der Waals surface area contributed by atoms with Crippen LogP contribution in [0.1, 0.15) is 35.2 Å². The highest BCUT2D eigenvalue weighted by Gasteiger charge is 2.29. The van der Waals surface area contributed by atoms with Crippen LogP contribution in [0.25, 0.3) is 0 Å². The lowest BCUT2D eigenvalue weighted by atomic mass is 10.1. The van der Waals surface area contributed by atoms with E-state index >= 15 is 0 Å². The summed E-state index contributed by atoms with van der Waals surface area (Å²) in [5, 5.41) is 3.42. The van der Waals surface area contributed by atoms with Gasteiger partial charge in [-0.1, -0.05) is 12.1 Å². The van der Waals surface area contributed by atoms with Crippen LogP contribution in [0.5, 0.6) is 0 Å². The molecule has 0 radical (unpaired) electrons. The van der Waals surface area contributed by atoms with E-state index < -0.39 is 0 Å². The number of amides is 1. The number of nitrogens with one attached hydrogen (secondary N) is 1. The molecule has 0 spiro atoms. The molecule has 1 aliphatic heterocycles. The first-order valence-corrected chi connectivity index (χ1v) is 9.71. The highest BCUT2D eigenvalue weighted by molar-refractivity contribution is 7.98. The summed E-state index contributed by atoms with van der Waals surface area (Å²) in [4.78, 5) is 25.4. The van der Waals surface area contributed by atoms with Crippen molar-refractivity contribution in [2.45, 2.75) is 31.8 Å². The Morgan fingerprint density at radius 2 is 2.12 bits per heavy atom. The van der Waals surface area contributed by atoms with Gasteiger partial charge in [0.05, 0.1) is 12.7 Å². The normalized spacial score (nSPS) is 17.3. The van der Waals surface area contributed by atoms with Crippen LogP contribution in [-0.2, 0) is 16.1 Å². The number of benzene rings is 1. The molecule has 6 heteroatoms. The summed E-state index contributed by atoms with van der Waals surface area (Å²) in [5.41, 5.74) is 1.69. The van der Waals surface area contributed by atoms with Crippen LogP contribution < -0.4 is 5.32 Å². The van der Waals surface area contributed by atoms with Gasteiger partial charge in [-0.2, -0.15) is 11.8 Å². The summed E-state index contributed by atoms with van der Waals surface area (Å²) in [6.07, 6.45) is 4.72. The van der Waals surface area contributed by atoms with E-state index in [0.717, 1.165) is 43.8 Å². The molecule has 0 bridgehead atoms. The smallest absolute Gasteiger partial charge is 0.337 e. The van der Waals surface area contributed by atoms with Gasteiger partial charge in [0, 0.05) is 31.3 Å². The monoisotopic (exact) mass is 350 g/mol. The molecule has 132 valence electrons. The van der Waals surface area contributed by atoms with Crippen molar-refractivity contribution in [3.05, 3.63) is 35.4 Å². The first kappa shape index (κ1) is 18.8. The average Bonchev–Trinajstić information content (AvgIpc) is 2.96. The molecule has 1 aromatic carbocycles. The number of likely N-dealkylation sites (tertiary alicyclic amines) is 1. The second kappa shape index (κ2) is 9.69. The van der Waals surface area contributed by atoms with Gasteiger partial charge in [0.25, 0.3) is 0 Å². The Hall–Kier alpha value is -1.53. The van der Waals surface area contributed by atoms with Crippen LogP contribution >= 0.6 is 11.8 Å². The number of ether oxygens (including phenoxy) is 1. The molecular formula is C18H26N2O3S. The fourth-order valence-electron chi connectivity index (χ4n) is 2.97. The van der Waals surface area contributed by atoms with E-state index in [4.69, 9.17) is 4.74 Å². The SMILES string of the molecule is COC(=O)c1ccc(CNCCC2CCC(=O)N2CCSC)cc1. The summed E-state index contributed by atoms with van der Waals surface area (Å²) < 4.78 is 4.69. The van der Waals surface area contributed by atoms with Gasteiger partial charge in [0.15, 0.2) is 0 Å². The summed E-state index contributed by atoms with van der Waals surface area (Å²) in [5.74, 6) is 0.987. The zero-order chi connectivity index (χ0) is 17.4. The predicted molar refractivity (Wildman–Crippen MR) is 97.2 cm³/mol. The molecule has 1 unspecified atom stereocenters. The van der Waals surface area contributed by atoms with E-state index in [1.54, 1.807) is 23.9 Å². The first-order chi connectivity index (χ1) is 11.7. The van der Waals surface area contributed by atoms with E-state index in [2.05, 4.69) is 11.6 Å². The van der Waals surface area contributed by atoms with Gasteiger partial charge in [-0.3, -0.25) is 4.79 Å². The lowest BCUT2D eigenvalue weighted by molar-refractivity contribution is -0.128. The van der Waals surface area contributed by atoms with E-state index in [1.807, 2.05) is 17.0 Å². The minimum Gasteiger partial charge on any atom is -0.465 e. The highest BCUT2D eigenvalue weighted by Crippen LogP contribution is 2.21. The summed E-state index contributed by atoms with van der Waals surface area (Å²) in [7, 11) is 1.38. The number of thioether (sulfide) groups is 1. The van der Waals surface area contributed by atoms with Gasteiger partial charge in [-0.25, -0.2) is 4.79 Å². The minimum atomic E-state index is -0.314. The number of rotatable bonds is 9. The molecule has 0 saturated carbocycles. The maximum atomic E-state index is 11.9. The molecule has 1 aliphatic rings. The summed E-state index contributed by atoms with van der Waals surface area (Å²) in [6, 6.07) is 7.80. The Bertz CT molecular complexity index is 548. The molecule has 5 nitrogen and oxygen atoms in total. The highest BCUT2D eigenvalue weighted by atomic mass is 32.2. The fourth-order valence-corrected chi connectivity index (χ4v) is 3.35. The molecule has 0 aliphatic carbocycles. The Morgan fingerprint density at radius 3 is 2.79 bits per heavy atom. The number of carbonyl (C=O) groups is 2. The molecule has 1 saturated heterocycles. The van der Waals surface area contributed by atoms with Gasteiger partial charge in [-0.05, 0) is 43.3 Å². The van der Waals surface area contributed by atoms with Crippen LogP contribution in [0.4, 0.5) is 0 Å². The lowest BCUT2D eigenvalue weighted by Gasteiger charge is -2.24. The number of hydrogen-bond acceptors (Lipinski definition) is 5. The minimum absolute atomic E-state index is 0.299. The molecule has 1 N–H and O–H groups in total. The van der Waals surface area contributed by atoms with Crippen LogP contribution in [0.3, 0.4) is 0 Å². The zero-order valence-electron chi connectivity index (χ0n) is 14.4. The predicted octanol–water partition coefficient (Wildman–Crippen LogP) is 2.31. The van der Waals surface area contributed by atoms with Gasteiger partial charge in [0.1, 0.15) is 0 Å². The molecule has 1 amide bonds. The number of carbonyl (C=O) groups excluding carboxylic acids is 2. The number of hydrogen-bond donors (Lipinski definition) is 1. The quantitative estimate of drug-likeness (QED) is 0.547. The molecular weight excluding hydrogens is 324 g/mol. The van der Waals surface area contributed by atoms with Crippen molar-refractivity contribution in [3.8, 4) is 0 Å².